The Hall–Kier alpha value is -1.17. The Morgan fingerprint density at radius 2 is 2.18 bits per heavy atom. The maximum Gasteiger partial charge on any atom is 0.165 e. The minimum absolute atomic E-state index is 0.0720. The summed E-state index contributed by atoms with van der Waals surface area (Å²) in [7, 11) is 3.08. The Morgan fingerprint density at radius 3 is 2.71 bits per heavy atom. The van der Waals surface area contributed by atoms with Gasteiger partial charge in [-0.05, 0) is 30.5 Å². The summed E-state index contributed by atoms with van der Waals surface area (Å²) in [4.78, 5) is 0. The number of nitrogens with one attached hydrogen (secondary N) is 1. The molecule has 1 unspecified atom stereocenters. The first-order chi connectivity index (χ1) is 8.21. The van der Waals surface area contributed by atoms with E-state index in [-0.39, 0.29) is 17.6 Å². The van der Waals surface area contributed by atoms with Gasteiger partial charge in [-0.3, -0.25) is 11.3 Å². The number of rotatable bonds is 7. The van der Waals surface area contributed by atoms with Gasteiger partial charge >= 0.3 is 0 Å². The molecule has 0 fully saturated rings. The van der Waals surface area contributed by atoms with E-state index in [1.54, 1.807) is 13.2 Å². The number of halogens is 1. The maximum absolute atomic E-state index is 13.5. The summed E-state index contributed by atoms with van der Waals surface area (Å²) >= 11 is 0. The first-order valence-corrected chi connectivity index (χ1v) is 5.48. The molecule has 0 radical (unpaired) electrons. The quantitative estimate of drug-likeness (QED) is 0.558. The van der Waals surface area contributed by atoms with Crippen molar-refractivity contribution >= 4 is 0 Å². The van der Waals surface area contributed by atoms with Gasteiger partial charge in [0.2, 0.25) is 0 Å². The van der Waals surface area contributed by atoms with Gasteiger partial charge in [-0.2, -0.15) is 0 Å². The molecule has 1 atom stereocenters. The van der Waals surface area contributed by atoms with E-state index in [2.05, 4.69) is 5.43 Å². The molecule has 0 aliphatic rings. The lowest BCUT2D eigenvalue weighted by Crippen LogP contribution is -2.37. The van der Waals surface area contributed by atoms with E-state index >= 15 is 0 Å². The van der Waals surface area contributed by atoms with Crippen LogP contribution in [0.1, 0.15) is 12.0 Å². The Morgan fingerprint density at radius 1 is 1.41 bits per heavy atom. The van der Waals surface area contributed by atoms with Crippen LogP contribution in [0.3, 0.4) is 0 Å². The molecule has 0 heterocycles. The Labute approximate surface area is 101 Å². The van der Waals surface area contributed by atoms with E-state index in [4.69, 9.17) is 15.3 Å². The highest BCUT2D eigenvalue weighted by atomic mass is 19.1. The van der Waals surface area contributed by atoms with Gasteiger partial charge in [-0.15, -0.1) is 0 Å². The van der Waals surface area contributed by atoms with Gasteiger partial charge in [-0.25, -0.2) is 4.39 Å². The van der Waals surface area contributed by atoms with Crippen LogP contribution in [0.15, 0.2) is 18.2 Å². The van der Waals surface area contributed by atoms with Gasteiger partial charge in [0, 0.05) is 19.8 Å². The van der Waals surface area contributed by atoms with Crippen molar-refractivity contribution in [1.82, 2.24) is 5.43 Å². The predicted octanol–water partition coefficient (Wildman–Crippen LogP) is 1.25. The van der Waals surface area contributed by atoms with E-state index in [9.17, 15) is 4.39 Å². The smallest absolute Gasteiger partial charge is 0.165 e. The van der Waals surface area contributed by atoms with Gasteiger partial charge < -0.3 is 9.47 Å². The summed E-state index contributed by atoms with van der Waals surface area (Å²) < 4.78 is 23.3. The SMILES string of the molecule is COCCC(Cc1ccc(OC)c(F)c1)NN. The van der Waals surface area contributed by atoms with Crippen LogP contribution in [0.5, 0.6) is 5.75 Å². The highest BCUT2D eigenvalue weighted by molar-refractivity contribution is 5.29. The Bertz CT molecular complexity index is 347. The Balaban J connectivity index is 2.63. The van der Waals surface area contributed by atoms with E-state index in [1.807, 2.05) is 6.07 Å². The fourth-order valence-corrected chi connectivity index (χ4v) is 1.63. The van der Waals surface area contributed by atoms with Crippen LogP contribution >= 0.6 is 0 Å². The summed E-state index contributed by atoms with van der Waals surface area (Å²) in [6.07, 6.45) is 1.43. The molecule has 0 bridgehead atoms. The number of hydrazine groups is 1. The van der Waals surface area contributed by atoms with Crippen molar-refractivity contribution in [2.75, 3.05) is 20.8 Å². The van der Waals surface area contributed by atoms with Crippen molar-refractivity contribution in [2.24, 2.45) is 5.84 Å². The second-order valence-corrected chi connectivity index (χ2v) is 3.82. The second-order valence-electron chi connectivity index (χ2n) is 3.82. The number of ether oxygens (including phenoxy) is 2. The second kappa shape index (κ2) is 7.21. The fraction of sp³-hybridized carbons (Fsp3) is 0.500. The molecular weight excluding hydrogens is 223 g/mol. The topological polar surface area (TPSA) is 56.5 Å². The largest absolute Gasteiger partial charge is 0.494 e. The molecule has 3 N–H and O–H groups in total. The average molecular weight is 242 g/mol. The first kappa shape index (κ1) is 13.9. The molecule has 1 aromatic rings. The zero-order valence-corrected chi connectivity index (χ0v) is 10.2. The van der Waals surface area contributed by atoms with Crippen molar-refractivity contribution in [2.45, 2.75) is 18.9 Å². The van der Waals surface area contributed by atoms with Crippen molar-refractivity contribution < 1.29 is 13.9 Å². The number of hydrogen-bond acceptors (Lipinski definition) is 4. The minimum Gasteiger partial charge on any atom is -0.494 e. The van der Waals surface area contributed by atoms with Crippen LogP contribution in [0, 0.1) is 5.82 Å². The minimum atomic E-state index is -0.354. The van der Waals surface area contributed by atoms with Crippen LogP contribution in [-0.4, -0.2) is 26.9 Å². The first-order valence-electron chi connectivity index (χ1n) is 5.48. The summed E-state index contributed by atoms with van der Waals surface area (Å²) in [5.74, 6) is 5.33. The van der Waals surface area contributed by atoms with Crippen LogP contribution < -0.4 is 16.0 Å². The summed E-state index contributed by atoms with van der Waals surface area (Å²) in [5, 5.41) is 0. The number of methoxy groups -OCH3 is 2. The highest BCUT2D eigenvalue weighted by Gasteiger charge is 2.10. The molecule has 1 rings (SSSR count). The lowest BCUT2D eigenvalue weighted by molar-refractivity contribution is 0.182. The molecule has 0 aromatic heterocycles. The number of hydrogen-bond donors (Lipinski definition) is 2. The highest BCUT2D eigenvalue weighted by Crippen LogP contribution is 2.18. The lowest BCUT2D eigenvalue weighted by Gasteiger charge is -2.15. The molecule has 5 heteroatoms. The lowest BCUT2D eigenvalue weighted by atomic mass is 10.0. The normalized spacial score (nSPS) is 12.5. The van der Waals surface area contributed by atoms with Crippen LogP contribution in [0.25, 0.3) is 0 Å². The predicted molar refractivity (Wildman–Crippen MR) is 64.3 cm³/mol. The fourth-order valence-electron chi connectivity index (χ4n) is 1.63. The third-order valence-corrected chi connectivity index (χ3v) is 2.60. The van der Waals surface area contributed by atoms with E-state index < -0.39 is 0 Å². The maximum atomic E-state index is 13.5. The molecule has 96 valence electrons. The van der Waals surface area contributed by atoms with Gasteiger partial charge in [0.25, 0.3) is 0 Å². The van der Waals surface area contributed by atoms with Crippen molar-refractivity contribution in [3.63, 3.8) is 0 Å². The van der Waals surface area contributed by atoms with E-state index in [0.717, 1.165) is 12.0 Å². The van der Waals surface area contributed by atoms with Gasteiger partial charge in [-0.1, -0.05) is 6.07 Å². The van der Waals surface area contributed by atoms with E-state index in [0.29, 0.717) is 13.0 Å². The zero-order valence-electron chi connectivity index (χ0n) is 10.2. The molecule has 0 amide bonds. The molecular formula is C12H19FN2O2. The van der Waals surface area contributed by atoms with Crippen LogP contribution in [-0.2, 0) is 11.2 Å². The van der Waals surface area contributed by atoms with E-state index in [1.165, 1.54) is 13.2 Å². The van der Waals surface area contributed by atoms with Crippen molar-refractivity contribution in [1.29, 1.82) is 0 Å². The molecule has 1 aromatic carbocycles. The van der Waals surface area contributed by atoms with Gasteiger partial charge in [0.05, 0.1) is 7.11 Å². The average Bonchev–Trinajstić information content (AvgIpc) is 2.34. The monoisotopic (exact) mass is 242 g/mol. The molecule has 4 nitrogen and oxygen atoms in total. The molecule has 17 heavy (non-hydrogen) atoms. The van der Waals surface area contributed by atoms with Gasteiger partial charge in [0.1, 0.15) is 0 Å². The molecule has 0 saturated carbocycles. The summed E-state index contributed by atoms with van der Waals surface area (Å²) in [6, 6.07) is 4.99. The number of nitrogens with two attached hydrogens (primary N) is 1. The summed E-state index contributed by atoms with van der Waals surface area (Å²) in [5.41, 5.74) is 3.58. The zero-order chi connectivity index (χ0) is 12.7. The molecule has 0 saturated heterocycles. The summed E-state index contributed by atoms with van der Waals surface area (Å²) in [6.45, 7) is 0.619. The van der Waals surface area contributed by atoms with Crippen molar-refractivity contribution in [3.05, 3.63) is 29.6 Å². The van der Waals surface area contributed by atoms with Crippen LogP contribution in [0.2, 0.25) is 0 Å². The molecule has 0 spiro atoms. The van der Waals surface area contributed by atoms with Crippen LogP contribution in [0.4, 0.5) is 4.39 Å². The number of benzene rings is 1. The molecule has 0 aliphatic heterocycles. The third-order valence-electron chi connectivity index (χ3n) is 2.60. The van der Waals surface area contributed by atoms with Crippen molar-refractivity contribution in [3.8, 4) is 5.75 Å². The molecule has 0 aliphatic carbocycles. The Kier molecular flexibility index (Phi) is 5.90. The van der Waals surface area contributed by atoms with Gasteiger partial charge in [0.15, 0.2) is 11.6 Å². The standard InChI is InChI=1S/C12H19FN2O2/c1-16-6-5-10(15-14)7-9-3-4-12(17-2)11(13)8-9/h3-4,8,10,15H,5-7,14H2,1-2H3. The third kappa shape index (κ3) is 4.30.